The van der Waals surface area contributed by atoms with E-state index in [0.29, 0.717) is 11.8 Å². The highest BCUT2D eigenvalue weighted by atomic mass is 16.5. The van der Waals surface area contributed by atoms with Crippen molar-refractivity contribution in [2.24, 2.45) is 0 Å². The minimum Gasteiger partial charge on any atom is -0.493 e. The molecule has 0 saturated heterocycles. The lowest BCUT2D eigenvalue weighted by Crippen LogP contribution is -2.03. The Morgan fingerprint density at radius 1 is 1.26 bits per heavy atom. The normalized spacial score (nSPS) is 12.2. The van der Waals surface area contributed by atoms with Gasteiger partial charge in [0, 0.05) is 6.42 Å². The topological polar surface area (TPSA) is 9.23 Å². The van der Waals surface area contributed by atoms with Gasteiger partial charge in [0.15, 0.2) is 0 Å². The number of rotatable bonds is 7. The van der Waals surface area contributed by atoms with E-state index in [1.54, 1.807) is 0 Å². The first-order valence-electron chi connectivity index (χ1n) is 7.34. The van der Waals surface area contributed by atoms with Crippen LogP contribution in [0.4, 0.5) is 0 Å². The molecule has 0 fully saturated rings. The van der Waals surface area contributed by atoms with Crippen LogP contribution in [-0.2, 0) is 0 Å². The van der Waals surface area contributed by atoms with Crippen LogP contribution in [0.25, 0.3) is 0 Å². The maximum absolute atomic E-state index is 5.84. The third-order valence-corrected chi connectivity index (χ3v) is 3.45. The minimum absolute atomic E-state index is 0.461. The van der Waals surface area contributed by atoms with E-state index < -0.39 is 0 Å². The molecule has 0 heterocycles. The van der Waals surface area contributed by atoms with E-state index in [4.69, 9.17) is 11.2 Å². The summed E-state index contributed by atoms with van der Waals surface area (Å²) in [5.41, 5.74) is 2.63. The second-order valence-corrected chi connectivity index (χ2v) is 5.31. The fraction of sp³-hybridized carbons (Fsp3) is 0.556. The van der Waals surface area contributed by atoms with Crippen molar-refractivity contribution in [1.29, 1.82) is 0 Å². The van der Waals surface area contributed by atoms with E-state index in [1.165, 1.54) is 11.1 Å². The first-order chi connectivity index (χ1) is 9.13. The molecule has 0 aliphatic carbocycles. The summed E-state index contributed by atoms with van der Waals surface area (Å²) in [4.78, 5) is 0. The third-order valence-electron chi connectivity index (χ3n) is 3.45. The lowest BCUT2D eigenvalue weighted by molar-refractivity contribution is 0.313. The van der Waals surface area contributed by atoms with Crippen LogP contribution in [-0.4, -0.2) is 6.61 Å². The molecule has 0 amide bonds. The van der Waals surface area contributed by atoms with E-state index in [0.717, 1.165) is 31.6 Å². The number of benzene rings is 1. The van der Waals surface area contributed by atoms with Gasteiger partial charge in [-0.15, -0.1) is 12.3 Å². The van der Waals surface area contributed by atoms with E-state index in [9.17, 15) is 0 Å². The molecule has 0 radical (unpaired) electrons. The van der Waals surface area contributed by atoms with Gasteiger partial charge in [0.2, 0.25) is 0 Å². The van der Waals surface area contributed by atoms with Crippen molar-refractivity contribution in [3.8, 4) is 18.1 Å². The summed E-state index contributed by atoms with van der Waals surface area (Å²) in [6.07, 6.45) is 8.39. The van der Waals surface area contributed by atoms with Gasteiger partial charge in [0.25, 0.3) is 0 Å². The van der Waals surface area contributed by atoms with Gasteiger partial charge >= 0.3 is 0 Å². The maximum atomic E-state index is 5.84. The van der Waals surface area contributed by atoms with Crippen molar-refractivity contribution in [2.75, 3.05) is 6.61 Å². The van der Waals surface area contributed by atoms with E-state index in [1.807, 2.05) is 0 Å². The molecular weight excluding hydrogens is 232 g/mol. The molecular formula is C18H26O. The van der Waals surface area contributed by atoms with Crippen LogP contribution >= 0.6 is 0 Å². The Hall–Kier alpha value is -1.42. The van der Waals surface area contributed by atoms with Gasteiger partial charge in [0.05, 0.1) is 6.61 Å². The largest absolute Gasteiger partial charge is 0.493 e. The van der Waals surface area contributed by atoms with Gasteiger partial charge in [-0.1, -0.05) is 39.8 Å². The highest BCUT2D eigenvalue weighted by Crippen LogP contribution is 2.32. The van der Waals surface area contributed by atoms with Crippen LogP contribution in [0, 0.1) is 12.3 Å². The zero-order chi connectivity index (χ0) is 14.3. The van der Waals surface area contributed by atoms with Crippen LogP contribution in [0.1, 0.15) is 69.9 Å². The minimum atomic E-state index is 0.461. The highest BCUT2D eigenvalue weighted by molar-refractivity contribution is 5.40. The fourth-order valence-electron chi connectivity index (χ4n) is 2.26. The first-order valence-corrected chi connectivity index (χ1v) is 7.34. The second-order valence-electron chi connectivity index (χ2n) is 5.31. The molecule has 0 aliphatic rings. The predicted octanol–water partition coefficient (Wildman–Crippen LogP) is 5.12. The molecule has 1 unspecified atom stereocenters. The van der Waals surface area contributed by atoms with Crippen LogP contribution in [0.3, 0.4) is 0 Å². The first kappa shape index (κ1) is 15.6. The average molecular weight is 258 g/mol. The van der Waals surface area contributed by atoms with Crippen LogP contribution in [0.15, 0.2) is 18.2 Å². The number of hydrogen-bond acceptors (Lipinski definition) is 1. The molecule has 0 aliphatic heterocycles. The Balaban J connectivity index is 3.04. The molecule has 1 rings (SSSR count). The van der Waals surface area contributed by atoms with Crippen molar-refractivity contribution in [1.82, 2.24) is 0 Å². The van der Waals surface area contributed by atoms with Gasteiger partial charge < -0.3 is 4.74 Å². The van der Waals surface area contributed by atoms with Gasteiger partial charge in [-0.3, -0.25) is 0 Å². The van der Waals surface area contributed by atoms with E-state index in [2.05, 4.69) is 51.8 Å². The Bertz CT molecular complexity index is 426. The van der Waals surface area contributed by atoms with E-state index in [-0.39, 0.29) is 0 Å². The van der Waals surface area contributed by atoms with Gasteiger partial charge in [0.1, 0.15) is 5.75 Å². The molecule has 104 valence electrons. The van der Waals surface area contributed by atoms with Gasteiger partial charge in [-0.2, -0.15) is 0 Å². The molecule has 1 heteroatoms. The Morgan fingerprint density at radius 2 is 2.00 bits per heavy atom. The molecule has 0 N–H and O–H groups in total. The van der Waals surface area contributed by atoms with Crippen LogP contribution in [0.5, 0.6) is 5.75 Å². The van der Waals surface area contributed by atoms with Gasteiger partial charge in [-0.05, 0) is 41.9 Å². The number of hydrogen-bond donors (Lipinski definition) is 0. The Morgan fingerprint density at radius 3 is 2.53 bits per heavy atom. The summed E-state index contributed by atoms with van der Waals surface area (Å²) in [7, 11) is 0. The second kappa shape index (κ2) is 7.89. The summed E-state index contributed by atoms with van der Waals surface area (Å²) in [6.45, 7) is 9.52. The van der Waals surface area contributed by atoms with Crippen LogP contribution < -0.4 is 4.74 Å². The van der Waals surface area contributed by atoms with Crippen molar-refractivity contribution in [3.63, 3.8) is 0 Å². The quantitative estimate of drug-likeness (QED) is 0.617. The third kappa shape index (κ3) is 4.31. The van der Waals surface area contributed by atoms with Gasteiger partial charge in [-0.25, -0.2) is 0 Å². The highest BCUT2D eigenvalue weighted by Gasteiger charge is 2.13. The maximum Gasteiger partial charge on any atom is 0.122 e. The fourth-order valence-corrected chi connectivity index (χ4v) is 2.26. The molecule has 1 atom stereocenters. The molecule has 0 bridgehead atoms. The Kier molecular flexibility index (Phi) is 6.50. The lowest BCUT2D eigenvalue weighted by Gasteiger charge is -2.18. The zero-order valence-electron chi connectivity index (χ0n) is 12.7. The monoisotopic (exact) mass is 258 g/mol. The number of ether oxygens (including phenoxy) is 1. The molecule has 0 spiro atoms. The summed E-state index contributed by atoms with van der Waals surface area (Å²) < 4.78 is 5.84. The summed E-state index contributed by atoms with van der Waals surface area (Å²) in [5, 5.41) is 0. The average Bonchev–Trinajstić information content (AvgIpc) is 2.42. The predicted molar refractivity (Wildman–Crippen MR) is 82.8 cm³/mol. The van der Waals surface area contributed by atoms with Crippen LogP contribution in [0.2, 0.25) is 0 Å². The molecule has 0 aromatic heterocycles. The van der Waals surface area contributed by atoms with E-state index >= 15 is 0 Å². The zero-order valence-corrected chi connectivity index (χ0v) is 12.7. The standard InChI is InChI=1S/C18H26O/c1-6-9-15(8-3)16-10-11-18(19-12-7-2)17(13-16)14(4)5/h1,10-11,13-15H,7-9,12H2,2-5H3. The van der Waals surface area contributed by atoms with Crippen molar-refractivity contribution in [2.45, 2.75) is 58.8 Å². The van der Waals surface area contributed by atoms with Crippen molar-refractivity contribution in [3.05, 3.63) is 29.3 Å². The molecule has 1 aromatic rings. The molecule has 0 saturated carbocycles. The molecule has 19 heavy (non-hydrogen) atoms. The molecule has 1 nitrogen and oxygen atoms in total. The summed E-state index contributed by atoms with van der Waals surface area (Å²) in [6, 6.07) is 6.56. The molecule has 1 aromatic carbocycles. The summed E-state index contributed by atoms with van der Waals surface area (Å²) in [5.74, 6) is 4.74. The smallest absolute Gasteiger partial charge is 0.122 e. The Labute approximate surface area is 118 Å². The number of terminal acetylenes is 1. The lowest BCUT2D eigenvalue weighted by atomic mass is 9.90. The van der Waals surface area contributed by atoms with Crippen molar-refractivity contribution < 1.29 is 4.74 Å². The van der Waals surface area contributed by atoms with Crippen molar-refractivity contribution >= 4 is 0 Å². The SMILES string of the molecule is C#CCC(CC)c1ccc(OCCC)c(C(C)C)c1. The summed E-state index contributed by atoms with van der Waals surface area (Å²) >= 11 is 0.